The normalized spacial score (nSPS) is 10.8. The molecule has 0 aromatic carbocycles. The van der Waals surface area contributed by atoms with Gasteiger partial charge in [0.1, 0.15) is 0 Å². The van der Waals surface area contributed by atoms with Gasteiger partial charge in [0.15, 0.2) is 0 Å². The number of rotatable bonds is 5. The van der Waals surface area contributed by atoms with Crippen molar-refractivity contribution in [2.24, 2.45) is 0 Å². The van der Waals surface area contributed by atoms with Gasteiger partial charge in [-0.2, -0.15) is 5.10 Å². The van der Waals surface area contributed by atoms with Crippen LogP contribution in [0.5, 0.6) is 0 Å². The Hall–Kier alpha value is -3.29. The summed E-state index contributed by atoms with van der Waals surface area (Å²) in [5.41, 5.74) is 4.38. The van der Waals surface area contributed by atoms with E-state index < -0.39 is 0 Å². The molecule has 0 bridgehead atoms. The predicted molar refractivity (Wildman–Crippen MR) is 102 cm³/mol. The number of pyridine rings is 1. The summed E-state index contributed by atoms with van der Waals surface area (Å²) in [6, 6.07) is 3.56. The van der Waals surface area contributed by atoms with Gasteiger partial charge in [-0.25, -0.2) is 9.67 Å². The van der Waals surface area contributed by atoms with Gasteiger partial charge in [-0.1, -0.05) is 0 Å². The van der Waals surface area contributed by atoms with E-state index in [4.69, 9.17) is 0 Å². The van der Waals surface area contributed by atoms with Crippen molar-refractivity contribution in [1.29, 1.82) is 0 Å². The number of nitrogens with zero attached hydrogens (tertiary/aromatic N) is 4. The van der Waals surface area contributed by atoms with Crippen LogP contribution in [-0.2, 0) is 11.2 Å². The molecule has 8 nitrogen and oxygen atoms in total. The maximum absolute atomic E-state index is 12.2. The van der Waals surface area contributed by atoms with Crippen molar-refractivity contribution in [1.82, 2.24) is 24.7 Å². The summed E-state index contributed by atoms with van der Waals surface area (Å²) in [7, 11) is 0. The second-order valence-corrected chi connectivity index (χ2v) is 6.45. The highest BCUT2D eigenvalue weighted by molar-refractivity contribution is 5.90. The fraction of sp³-hybridized carbons (Fsp3) is 0.316. The van der Waals surface area contributed by atoms with Crippen LogP contribution in [-0.4, -0.2) is 30.6 Å². The molecule has 0 radical (unpaired) electrons. The molecule has 1 amide bonds. The van der Waals surface area contributed by atoms with Crippen molar-refractivity contribution in [2.45, 2.75) is 40.5 Å². The van der Waals surface area contributed by atoms with E-state index in [0.717, 1.165) is 17.0 Å². The first-order valence-electron chi connectivity index (χ1n) is 8.69. The Morgan fingerprint density at radius 2 is 2.00 bits per heavy atom. The lowest BCUT2D eigenvalue weighted by Crippen LogP contribution is -2.18. The highest BCUT2D eigenvalue weighted by Gasteiger charge is 2.16. The topological polar surface area (TPSA) is 106 Å². The van der Waals surface area contributed by atoms with Crippen molar-refractivity contribution in [2.75, 3.05) is 5.32 Å². The van der Waals surface area contributed by atoms with Gasteiger partial charge < -0.3 is 5.32 Å². The summed E-state index contributed by atoms with van der Waals surface area (Å²) >= 11 is 0. The summed E-state index contributed by atoms with van der Waals surface area (Å²) in [5, 5.41) is 7.32. The van der Waals surface area contributed by atoms with E-state index in [1.54, 1.807) is 43.1 Å². The van der Waals surface area contributed by atoms with Gasteiger partial charge in [-0.3, -0.25) is 19.6 Å². The molecular weight excluding hydrogens is 344 g/mol. The monoisotopic (exact) mass is 366 g/mol. The quantitative estimate of drug-likeness (QED) is 0.720. The van der Waals surface area contributed by atoms with Crippen LogP contribution in [0.15, 0.2) is 29.3 Å². The smallest absolute Gasteiger partial charge is 0.255 e. The molecule has 3 aromatic rings. The van der Waals surface area contributed by atoms with Gasteiger partial charge in [-0.05, 0) is 51.8 Å². The molecule has 3 rings (SSSR count). The number of hydrogen-bond acceptors (Lipinski definition) is 5. The SMILES string of the molecule is Cc1nn(-c2nc(C)c(C)c(=O)[nH]2)c(C)c1CCC(=O)Nc1cccnc1. The molecule has 0 aliphatic carbocycles. The van der Waals surface area contributed by atoms with Crippen LogP contribution in [0, 0.1) is 27.7 Å². The number of aromatic nitrogens is 5. The average molecular weight is 366 g/mol. The van der Waals surface area contributed by atoms with Gasteiger partial charge in [0, 0.05) is 29.6 Å². The number of nitrogens with one attached hydrogen (secondary N) is 2. The number of carbonyl (C=O) groups is 1. The van der Waals surface area contributed by atoms with Gasteiger partial charge in [0.25, 0.3) is 5.56 Å². The molecule has 3 aromatic heterocycles. The van der Waals surface area contributed by atoms with Gasteiger partial charge in [0.2, 0.25) is 11.9 Å². The largest absolute Gasteiger partial charge is 0.325 e. The molecule has 8 heteroatoms. The van der Waals surface area contributed by atoms with E-state index in [9.17, 15) is 9.59 Å². The first-order valence-corrected chi connectivity index (χ1v) is 8.69. The van der Waals surface area contributed by atoms with Crippen molar-refractivity contribution in [3.05, 3.63) is 63.1 Å². The predicted octanol–water partition coefficient (Wildman–Crippen LogP) is 2.16. The van der Waals surface area contributed by atoms with Crippen LogP contribution in [0.25, 0.3) is 5.95 Å². The fourth-order valence-electron chi connectivity index (χ4n) is 2.87. The number of amides is 1. The van der Waals surface area contributed by atoms with Crippen LogP contribution >= 0.6 is 0 Å². The van der Waals surface area contributed by atoms with E-state index in [-0.39, 0.29) is 11.5 Å². The van der Waals surface area contributed by atoms with E-state index in [1.165, 1.54) is 0 Å². The van der Waals surface area contributed by atoms with Crippen molar-refractivity contribution < 1.29 is 4.79 Å². The van der Waals surface area contributed by atoms with Crippen LogP contribution in [0.3, 0.4) is 0 Å². The number of aryl methyl sites for hydroxylation is 2. The van der Waals surface area contributed by atoms with Gasteiger partial charge >= 0.3 is 0 Å². The van der Waals surface area contributed by atoms with Crippen LogP contribution in [0.4, 0.5) is 5.69 Å². The van der Waals surface area contributed by atoms with E-state index in [0.29, 0.717) is 35.7 Å². The Kier molecular flexibility index (Phi) is 5.16. The lowest BCUT2D eigenvalue weighted by molar-refractivity contribution is -0.116. The summed E-state index contributed by atoms with van der Waals surface area (Å²) in [5.74, 6) is 0.294. The molecule has 2 N–H and O–H groups in total. The molecule has 0 aliphatic heterocycles. The highest BCUT2D eigenvalue weighted by atomic mass is 16.1. The summed E-state index contributed by atoms with van der Waals surface area (Å²) in [6.45, 7) is 7.32. The maximum Gasteiger partial charge on any atom is 0.255 e. The zero-order valence-electron chi connectivity index (χ0n) is 15.8. The zero-order chi connectivity index (χ0) is 19.6. The summed E-state index contributed by atoms with van der Waals surface area (Å²) < 4.78 is 1.62. The minimum Gasteiger partial charge on any atom is -0.325 e. The molecule has 140 valence electrons. The second-order valence-electron chi connectivity index (χ2n) is 6.45. The summed E-state index contributed by atoms with van der Waals surface area (Å²) in [4.78, 5) is 35.4. The third kappa shape index (κ3) is 3.94. The summed E-state index contributed by atoms with van der Waals surface area (Å²) in [6.07, 6.45) is 4.12. The molecule has 0 saturated carbocycles. The Morgan fingerprint density at radius 3 is 2.67 bits per heavy atom. The Labute approximate surface area is 156 Å². The number of carbonyl (C=O) groups excluding carboxylic acids is 1. The lowest BCUT2D eigenvalue weighted by atomic mass is 10.1. The van der Waals surface area contributed by atoms with Crippen LogP contribution in [0.2, 0.25) is 0 Å². The first-order chi connectivity index (χ1) is 12.9. The average Bonchev–Trinajstić information content (AvgIpc) is 2.92. The minimum absolute atomic E-state index is 0.0905. The van der Waals surface area contributed by atoms with Crippen molar-refractivity contribution in [3.63, 3.8) is 0 Å². The van der Waals surface area contributed by atoms with Gasteiger partial charge in [0.05, 0.1) is 17.6 Å². The maximum atomic E-state index is 12.2. The van der Waals surface area contributed by atoms with Crippen LogP contribution < -0.4 is 10.9 Å². The van der Waals surface area contributed by atoms with Crippen LogP contribution in [0.1, 0.15) is 34.6 Å². The second kappa shape index (κ2) is 7.53. The Bertz CT molecular complexity index is 1040. The zero-order valence-corrected chi connectivity index (χ0v) is 15.8. The minimum atomic E-state index is -0.178. The molecule has 3 heterocycles. The van der Waals surface area contributed by atoms with E-state index >= 15 is 0 Å². The molecule has 0 fully saturated rings. The van der Waals surface area contributed by atoms with E-state index in [1.807, 2.05) is 13.8 Å². The van der Waals surface area contributed by atoms with Crippen molar-refractivity contribution >= 4 is 11.6 Å². The molecule has 0 aliphatic rings. The Morgan fingerprint density at radius 1 is 1.22 bits per heavy atom. The third-order valence-corrected chi connectivity index (χ3v) is 4.57. The molecule has 0 spiro atoms. The molecule has 0 saturated heterocycles. The van der Waals surface area contributed by atoms with Crippen molar-refractivity contribution in [3.8, 4) is 5.95 Å². The number of hydrogen-bond donors (Lipinski definition) is 2. The lowest BCUT2D eigenvalue weighted by Gasteiger charge is -2.07. The molecule has 0 atom stereocenters. The number of H-pyrrole nitrogens is 1. The fourth-order valence-corrected chi connectivity index (χ4v) is 2.87. The van der Waals surface area contributed by atoms with Gasteiger partial charge in [-0.15, -0.1) is 0 Å². The molecular formula is C19H22N6O2. The highest BCUT2D eigenvalue weighted by Crippen LogP contribution is 2.18. The number of anilines is 1. The first kappa shape index (κ1) is 18.5. The number of aromatic amines is 1. The van der Waals surface area contributed by atoms with E-state index in [2.05, 4.69) is 25.4 Å². The molecule has 0 unspecified atom stereocenters. The molecule has 27 heavy (non-hydrogen) atoms. The Balaban J connectivity index is 1.78. The standard InChI is InChI=1S/C19H22N6O2/c1-11-12(2)21-19(23-18(11)27)25-14(4)16(13(3)24-25)7-8-17(26)22-15-6-5-9-20-10-15/h5-6,9-10H,7-8H2,1-4H3,(H,22,26)(H,21,23,27). The third-order valence-electron chi connectivity index (χ3n) is 4.57.